The number of thiazole rings is 1. The summed E-state index contributed by atoms with van der Waals surface area (Å²) in [4.78, 5) is 23.0. The van der Waals surface area contributed by atoms with Gasteiger partial charge in [0.05, 0.1) is 4.92 Å². The molecule has 7 nitrogen and oxygen atoms in total. The van der Waals surface area contributed by atoms with Gasteiger partial charge in [0.2, 0.25) is 0 Å². The van der Waals surface area contributed by atoms with E-state index in [9.17, 15) is 10.1 Å². The van der Waals surface area contributed by atoms with Gasteiger partial charge in [-0.1, -0.05) is 0 Å². The Morgan fingerprint density at radius 2 is 1.90 bits per heavy atom. The number of rotatable bonds is 3. The summed E-state index contributed by atoms with van der Waals surface area (Å²) in [6, 6.07) is 3.20. The van der Waals surface area contributed by atoms with Crippen molar-refractivity contribution in [3.63, 3.8) is 0 Å². The molecule has 8 heteroatoms. The zero-order valence-corrected chi connectivity index (χ0v) is 11.5. The fourth-order valence-corrected chi connectivity index (χ4v) is 2.87. The van der Waals surface area contributed by atoms with Gasteiger partial charge >= 0.3 is 0 Å². The van der Waals surface area contributed by atoms with E-state index in [0.29, 0.717) is 0 Å². The Hall–Kier alpha value is -2.22. The van der Waals surface area contributed by atoms with E-state index in [0.717, 1.165) is 37.1 Å². The van der Waals surface area contributed by atoms with Crippen molar-refractivity contribution in [2.45, 2.75) is 0 Å². The summed E-state index contributed by atoms with van der Waals surface area (Å²) < 4.78 is 0. The van der Waals surface area contributed by atoms with Gasteiger partial charge in [0.1, 0.15) is 12.0 Å². The van der Waals surface area contributed by atoms with Gasteiger partial charge in [-0.3, -0.25) is 10.1 Å². The number of aromatic nitrogens is 2. The normalized spacial score (nSPS) is 15.4. The Morgan fingerprint density at radius 3 is 2.45 bits per heavy atom. The molecule has 0 spiro atoms. The third kappa shape index (κ3) is 2.55. The van der Waals surface area contributed by atoms with Crippen molar-refractivity contribution in [3.8, 4) is 0 Å². The van der Waals surface area contributed by atoms with Crippen LogP contribution in [-0.4, -0.2) is 41.1 Å². The SMILES string of the molecule is O=[N+]([O-])c1ccc(N2CCN(c3nccs3)CC2)nc1. The van der Waals surface area contributed by atoms with E-state index in [1.807, 2.05) is 11.6 Å². The van der Waals surface area contributed by atoms with E-state index < -0.39 is 4.92 Å². The Labute approximate surface area is 119 Å². The predicted octanol–water partition coefficient (Wildman–Crippen LogP) is 1.77. The van der Waals surface area contributed by atoms with Gasteiger partial charge in [-0.15, -0.1) is 11.3 Å². The molecule has 1 saturated heterocycles. The summed E-state index contributed by atoms with van der Waals surface area (Å²) in [6.45, 7) is 3.44. The highest BCUT2D eigenvalue weighted by Gasteiger charge is 2.20. The van der Waals surface area contributed by atoms with Crippen molar-refractivity contribution >= 4 is 28.0 Å². The van der Waals surface area contributed by atoms with E-state index in [1.54, 1.807) is 17.4 Å². The molecule has 0 unspecified atom stereocenters. The van der Waals surface area contributed by atoms with Gasteiger partial charge in [-0.05, 0) is 6.07 Å². The van der Waals surface area contributed by atoms with E-state index >= 15 is 0 Å². The maximum atomic E-state index is 10.6. The second-order valence-electron chi connectivity index (χ2n) is 4.42. The third-order valence-corrected chi connectivity index (χ3v) is 4.07. The average Bonchev–Trinajstić information content (AvgIpc) is 3.02. The zero-order valence-electron chi connectivity index (χ0n) is 10.7. The second kappa shape index (κ2) is 5.41. The maximum absolute atomic E-state index is 10.6. The first kappa shape index (κ1) is 12.8. The lowest BCUT2D eigenvalue weighted by Gasteiger charge is -2.35. The molecule has 2 aromatic heterocycles. The summed E-state index contributed by atoms with van der Waals surface area (Å²) in [5.41, 5.74) is 0.0233. The molecular weight excluding hydrogens is 278 g/mol. The van der Waals surface area contributed by atoms with Gasteiger partial charge in [0.15, 0.2) is 5.13 Å². The fraction of sp³-hybridized carbons (Fsp3) is 0.333. The summed E-state index contributed by atoms with van der Waals surface area (Å²) in [5.74, 6) is 0.786. The molecule has 0 radical (unpaired) electrons. The van der Waals surface area contributed by atoms with Crippen LogP contribution in [0.25, 0.3) is 0 Å². The first-order valence-corrected chi connectivity index (χ1v) is 7.12. The molecule has 0 atom stereocenters. The van der Waals surface area contributed by atoms with Crippen molar-refractivity contribution in [1.29, 1.82) is 0 Å². The Morgan fingerprint density at radius 1 is 1.15 bits per heavy atom. The average molecular weight is 291 g/mol. The molecule has 0 N–H and O–H groups in total. The van der Waals surface area contributed by atoms with Crippen LogP contribution in [0, 0.1) is 10.1 Å². The molecule has 3 heterocycles. The molecule has 3 rings (SSSR count). The van der Waals surface area contributed by atoms with Crippen molar-refractivity contribution in [2.75, 3.05) is 36.0 Å². The molecule has 0 amide bonds. The van der Waals surface area contributed by atoms with Crippen LogP contribution in [0.2, 0.25) is 0 Å². The van der Waals surface area contributed by atoms with Gasteiger partial charge in [-0.25, -0.2) is 9.97 Å². The summed E-state index contributed by atoms with van der Waals surface area (Å²) in [7, 11) is 0. The van der Waals surface area contributed by atoms with E-state index in [4.69, 9.17) is 0 Å². The number of hydrogen-bond acceptors (Lipinski definition) is 7. The molecular formula is C12H13N5O2S. The molecule has 0 saturated carbocycles. The number of hydrogen-bond donors (Lipinski definition) is 0. The highest BCUT2D eigenvalue weighted by molar-refractivity contribution is 7.13. The highest BCUT2D eigenvalue weighted by atomic mass is 32.1. The molecule has 1 aliphatic heterocycles. The van der Waals surface area contributed by atoms with Crippen LogP contribution in [0.15, 0.2) is 29.9 Å². The first-order valence-electron chi connectivity index (χ1n) is 6.24. The fourth-order valence-electron chi connectivity index (χ4n) is 2.17. The van der Waals surface area contributed by atoms with Crippen LogP contribution in [-0.2, 0) is 0 Å². The first-order chi connectivity index (χ1) is 9.74. The Balaban J connectivity index is 1.64. The van der Waals surface area contributed by atoms with Gasteiger partial charge in [0.25, 0.3) is 5.69 Å². The smallest absolute Gasteiger partial charge is 0.287 e. The molecule has 20 heavy (non-hydrogen) atoms. The lowest BCUT2D eigenvalue weighted by Crippen LogP contribution is -2.46. The van der Waals surface area contributed by atoms with Crippen molar-refractivity contribution < 1.29 is 4.92 Å². The number of pyridine rings is 1. The van der Waals surface area contributed by atoms with Crippen LogP contribution < -0.4 is 9.80 Å². The highest BCUT2D eigenvalue weighted by Crippen LogP contribution is 2.21. The third-order valence-electron chi connectivity index (χ3n) is 3.24. The van der Waals surface area contributed by atoms with Gasteiger partial charge in [-0.2, -0.15) is 0 Å². The lowest BCUT2D eigenvalue weighted by molar-refractivity contribution is -0.385. The minimum absolute atomic E-state index is 0.0233. The molecule has 1 aliphatic rings. The molecule has 0 aromatic carbocycles. The van der Waals surface area contributed by atoms with Gasteiger partial charge in [0, 0.05) is 43.8 Å². The number of anilines is 2. The van der Waals surface area contributed by atoms with Crippen LogP contribution in [0.3, 0.4) is 0 Å². The molecule has 104 valence electrons. The van der Waals surface area contributed by atoms with Crippen LogP contribution in [0.4, 0.5) is 16.6 Å². The zero-order chi connectivity index (χ0) is 13.9. The Bertz CT molecular complexity index is 578. The predicted molar refractivity (Wildman–Crippen MR) is 77.4 cm³/mol. The molecule has 0 bridgehead atoms. The number of nitro groups is 1. The minimum Gasteiger partial charge on any atom is -0.353 e. The summed E-state index contributed by atoms with van der Waals surface area (Å²) in [6.07, 6.45) is 3.12. The largest absolute Gasteiger partial charge is 0.353 e. The van der Waals surface area contributed by atoms with E-state index in [1.165, 1.54) is 12.3 Å². The summed E-state index contributed by atoms with van der Waals surface area (Å²) >= 11 is 1.64. The van der Waals surface area contributed by atoms with Crippen molar-refractivity contribution in [3.05, 3.63) is 40.0 Å². The number of piperazine rings is 1. The quantitative estimate of drug-likeness (QED) is 0.633. The Kier molecular flexibility index (Phi) is 3.46. The van der Waals surface area contributed by atoms with Crippen LogP contribution >= 0.6 is 11.3 Å². The summed E-state index contributed by atoms with van der Waals surface area (Å²) in [5, 5.41) is 13.6. The van der Waals surface area contributed by atoms with Crippen molar-refractivity contribution in [1.82, 2.24) is 9.97 Å². The van der Waals surface area contributed by atoms with E-state index in [-0.39, 0.29) is 5.69 Å². The van der Waals surface area contributed by atoms with Crippen LogP contribution in [0.1, 0.15) is 0 Å². The lowest BCUT2D eigenvalue weighted by atomic mass is 10.3. The molecule has 2 aromatic rings. The minimum atomic E-state index is -0.433. The van der Waals surface area contributed by atoms with Gasteiger partial charge < -0.3 is 9.80 Å². The van der Waals surface area contributed by atoms with Crippen LogP contribution in [0.5, 0.6) is 0 Å². The van der Waals surface area contributed by atoms with Crippen molar-refractivity contribution in [2.24, 2.45) is 0 Å². The van der Waals surface area contributed by atoms with E-state index in [2.05, 4.69) is 19.8 Å². The topological polar surface area (TPSA) is 75.4 Å². The maximum Gasteiger partial charge on any atom is 0.287 e. The monoisotopic (exact) mass is 291 g/mol. The second-order valence-corrected chi connectivity index (χ2v) is 5.29. The standard InChI is InChI=1S/C12H13N5O2S/c18-17(19)10-1-2-11(14-9-10)15-4-6-16(7-5-15)12-13-3-8-20-12/h1-3,8-9H,4-7H2. The molecule has 0 aliphatic carbocycles. The number of nitrogens with zero attached hydrogens (tertiary/aromatic N) is 5. The molecule has 1 fully saturated rings.